The third-order valence-electron chi connectivity index (χ3n) is 7.21. The van der Waals surface area contributed by atoms with E-state index in [4.69, 9.17) is 0 Å². The van der Waals surface area contributed by atoms with E-state index >= 15 is 0 Å². The molecule has 2 atom stereocenters. The van der Waals surface area contributed by atoms with E-state index in [0.717, 1.165) is 17.8 Å². The van der Waals surface area contributed by atoms with E-state index in [2.05, 4.69) is 29.3 Å². The van der Waals surface area contributed by atoms with Crippen LogP contribution in [0.25, 0.3) is 0 Å². The maximum absolute atomic E-state index is 14.3. The van der Waals surface area contributed by atoms with E-state index in [1.165, 1.54) is 51.4 Å². The minimum Gasteiger partial charge on any atom is -0.245 e. The summed E-state index contributed by atoms with van der Waals surface area (Å²) < 4.78 is 28.5. The van der Waals surface area contributed by atoms with Gasteiger partial charge in [-0.05, 0) is 93.2 Å². The maximum atomic E-state index is 14.3. The van der Waals surface area contributed by atoms with E-state index in [9.17, 15) is 8.78 Å². The summed E-state index contributed by atoms with van der Waals surface area (Å²) in [5, 5.41) is 2.17. The fourth-order valence-electron chi connectivity index (χ4n) is 5.63. The zero-order valence-corrected chi connectivity index (χ0v) is 15.6. The monoisotopic (exact) mass is 355 g/mol. The number of hydrogen-bond donors (Lipinski definition) is 0. The molecule has 3 aliphatic carbocycles. The van der Waals surface area contributed by atoms with Gasteiger partial charge in [-0.15, -0.1) is 0 Å². The second-order valence-corrected chi connectivity index (χ2v) is 8.85. The number of rotatable bonds is 3. The van der Waals surface area contributed by atoms with Crippen molar-refractivity contribution in [1.82, 2.24) is 0 Å². The van der Waals surface area contributed by atoms with Gasteiger partial charge in [-0.1, -0.05) is 19.8 Å². The Morgan fingerprint density at radius 2 is 1.17 bits per heavy atom. The van der Waals surface area contributed by atoms with Gasteiger partial charge in [0.25, 0.3) is 0 Å². The lowest BCUT2D eigenvalue weighted by atomic mass is 9.65. The summed E-state index contributed by atoms with van der Waals surface area (Å²) in [6, 6.07) is -0.903. The summed E-state index contributed by atoms with van der Waals surface area (Å²) in [6.45, 7) is 2.37. The van der Waals surface area contributed by atoms with Crippen molar-refractivity contribution in [3.8, 4) is 0 Å². The summed E-state index contributed by atoms with van der Waals surface area (Å²) in [5.74, 6) is 3.40. The number of isothiocyanates is 1. The molecule has 3 saturated carbocycles. The first kappa shape index (κ1) is 18.5. The number of halogens is 2. The van der Waals surface area contributed by atoms with Gasteiger partial charge in [0.1, 0.15) is 18.4 Å². The van der Waals surface area contributed by atoms with Crippen LogP contribution in [0.2, 0.25) is 0 Å². The van der Waals surface area contributed by atoms with E-state index in [0.29, 0.717) is 18.8 Å². The molecule has 0 N–H and O–H groups in total. The first-order chi connectivity index (χ1) is 11.6. The zero-order valence-electron chi connectivity index (χ0n) is 14.8. The highest BCUT2D eigenvalue weighted by molar-refractivity contribution is 7.78. The Morgan fingerprint density at radius 3 is 1.62 bits per heavy atom. The molecule has 0 spiro atoms. The molecule has 1 nitrogen and oxygen atoms in total. The van der Waals surface area contributed by atoms with Crippen LogP contribution in [-0.4, -0.2) is 23.5 Å². The molecule has 0 radical (unpaired) electrons. The van der Waals surface area contributed by atoms with E-state index < -0.39 is 18.4 Å². The number of thiocarbonyl (C=S) groups is 1. The highest BCUT2D eigenvalue weighted by atomic mass is 32.1. The minimum atomic E-state index is -1.19. The Morgan fingerprint density at radius 1 is 0.750 bits per heavy atom. The van der Waals surface area contributed by atoms with Crippen LogP contribution < -0.4 is 0 Å². The van der Waals surface area contributed by atoms with Crippen LogP contribution >= 0.6 is 12.2 Å². The molecule has 3 aliphatic rings. The first-order valence-corrected chi connectivity index (χ1v) is 10.3. The van der Waals surface area contributed by atoms with Crippen LogP contribution in [0.5, 0.6) is 0 Å². The third kappa shape index (κ3) is 4.25. The van der Waals surface area contributed by atoms with Gasteiger partial charge in [-0.3, -0.25) is 0 Å². The van der Waals surface area contributed by atoms with Gasteiger partial charge < -0.3 is 0 Å². The minimum absolute atomic E-state index is 0.193. The second kappa shape index (κ2) is 8.36. The van der Waals surface area contributed by atoms with Crippen molar-refractivity contribution in [2.45, 2.75) is 89.5 Å². The predicted molar refractivity (Wildman–Crippen MR) is 97.9 cm³/mol. The Labute approximate surface area is 150 Å². The molecule has 0 saturated heterocycles. The summed E-state index contributed by atoms with van der Waals surface area (Å²) >= 11 is 4.53. The van der Waals surface area contributed by atoms with E-state index in [-0.39, 0.29) is 5.92 Å². The first-order valence-electron chi connectivity index (χ1n) is 9.93. The lowest BCUT2D eigenvalue weighted by Gasteiger charge is -2.42. The highest BCUT2D eigenvalue weighted by Crippen LogP contribution is 2.46. The maximum Gasteiger partial charge on any atom is 0.126 e. The topological polar surface area (TPSA) is 12.4 Å². The molecule has 4 heteroatoms. The van der Waals surface area contributed by atoms with Crippen LogP contribution in [0.4, 0.5) is 8.78 Å². The molecule has 0 bridgehead atoms. The molecule has 136 valence electrons. The molecule has 3 fully saturated rings. The molecule has 0 amide bonds. The van der Waals surface area contributed by atoms with Crippen molar-refractivity contribution < 1.29 is 8.78 Å². The van der Waals surface area contributed by atoms with Gasteiger partial charge in [-0.25, -0.2) is 13.8 Å². The fourth-order valence-corrected chi connectivity index (χ4v) is 5.75. The Hall–Kier alpha value is -0.340. The molecular weight excluding hydrogens is 324 g/mol. The molecule has 2 unspecified atom stereocenters. The normalized spacial score (nSPS) is 47.0. The molecule has 24 heavy (non-hydrogen) atoms. The van der Waals surface area contributed by atoms with Crippen molar-refractivity contribution in [2.75, 3.05) is 0 Å². The summed E-state index contributed by atoms with van der Waals surface area (Å²) in [5.41, 5.74) is 0. The number of alkyl halides is 2. The van der Waals surface area contributed by atoms with Crippen molar-refractivity contribution in [3.05, 3.63) is 0 Å². The Kier molecular flexibility index (Phi) is 6.43. The summed E-state index contributed by atoms with van der Waals surface area (Å²) in [7, 11) is 0. The van der Waals surface area contributed by atoms with Crippen molar-refractivity contribution >= 4 is 17.4 Å². The molecule has 3 rings (SSSR count). The van der Waals surface area contributed by atoms with Crippen LogP contribution in [-0.2, 0) is 0 Å². The second-order valence-electron chi connectivity index (χ2n) is 8.67. The molecule has 0 aromatic rings. The average Bonchev–Trinajstić information content (AvgIpc) is 2.59. The molecular formula is C20H31F2NS. The Bertz CT molecular complexity index is 437. The van der Waals surface area contributed by atoms with Crippen LogP contribution in [0.1, 0.15) is 71.1 Å². The largest absolute Gasteiger partial charge is 0.245 e. The van der Waals surface area contributed by atoms with Gasteiger partial charge in [0.2, 0.25) is 0 Å². The fraction of sp³-hybridized carbons (Fsp3) is 0.950. The molecule has 0 heterocycles. The quantitative estimate of drug-likeness (QED) is 0.435. The number of hydrogen-bond acceptors (Lipinski definition) is 2. The van der Waals surface area contributed by atoms with Gasteiger partial charge >= 0.3 is 0 Å². The highest BCUT2D eigenvalue weighted by Gasteiger charge is 2.42. The van der Waals surface area contributed by atoms with Crippen LogP contribution in [0, 0.1) is 29.6 Å². The predicted octanol–water partition coefficient (Wildman–Crippen LogP) is 6.18. The number of aliphatic imine (C=N–C) groups is 1. The smallest absolute Gasteiger partial charge is 0.126 e. The summed E-state index contributed by atoms with van der Waals surface area (Å²) in [4.78, 5) is 3.72. The third-order valence-corrected chi connectivity index (χ3v) is 7.31. The summed E-state index contributed by atoms with van der Waals surface area (Å²) in [6.07, 6.45) is 9.01. The molecule has 0 aromatic heterocycles. The van der Waals surface area contributed by atoms with Crippen LogP contribution in [0.15, 0.2) is 4.99 Å². The van der Waals surface area contributed by atoms with Gasteiger partial charge in [0, 0.05) is 0 Å². The van der Waals surface area contributed by atoms with E-state index in [1.807, 2.05) is 0 Å². The Balaban J connectivity index is 1.49. The van der Waals surface area contributed by atoms with Crippen LogP contribution in [0.3, 0.4) is 0 Å². The standard InChI is InChI=1S/C20H31F2NS/c1-13-2-4-14(5-3-13)15-6-8-16(9-7-15)17-10-18(21)20(23-12-24)19(22)11-17/h13-20H,2-11H2,1H3. The van der Waals surface area contributed by atoms with Gasteiger partial charge in [0.05, 0.1) is 5.16 Å². The SMILES string of the molecule is CC1CCC(C2CCC(C3CC(F)C(N=C=S)C(F)C3)CC2)CC1. The lowest BCUT2D eigenvalue weighted by molar-refractivity contribution is 0.0432. The van der Waals surface area contributed by atoms with Crippen molar-refractivity contribution in [2.24, 2.45) is 34.6 Å². The average molecular weight is 356 g/mol. The zero-order chi connectivity index (χ0) is 17.1. The molecule has 0 aromatic carbocycles. The van der Waals surface area contributed by atoms with Crippen molar-refractivity contribution in [1.29, 1.82) is 0 Å². The van der Waals surface area contributed by atoms with Gasteiger partial charge in [-0.2, -0.15) is 0 Å². The van der Waals surface area contributed by atoms with Crippen molar-refractivity contribution in [3.63, 3.8) is 0 Å². The van der Waals surface area contributed by atoms with Gasteiger partial charge in [0.15, 0.2) is 0 Å². The molecule has 0 aliphatic heterocycles. The van der Waals surface area contributed by atoms with E-state index in [1.54, 1.807) is 0 Å². The number of nitrogens with zero attached hydrogens (tertiary/aromatic N) is 1. The lowest BCUT2D eigenvalue weighted by Crippen LogP contribution is -2.41.